The van der Waals surface area contributed by atoms with Gasteiger partial charge in [-0.1, -0.05) is 31.7 Å². The summed E-state index contributed by atoms with van der Waals surface area (Å²) in [6, 6.07) is 11.4. The molecule has 2 nitrogen and oxygen atoms in total. The van der Waals surface area contributed by atoms with Gasteiger partial charge in [0.05, 0.1) is 5.56 Å². The van der Waals surface area contributed by atoms with Gasteiger partial charge in [-0.15, -0.1) is 12.4 Å². The fraction of sp³-hybridized carbons (Fsp3) is 0.300. The number of aromatic nitrogens is 1. The van der Waals surface area contributed by atoms with Crippen molar-refractivity contribution in [2.24, 2.45) is 0 Å². The standard InChI is InChI=1S/C19H17F3N2.CH4.ClH/c20-19(21,22)13-4-1-3-12(11-13)14-5-2-6-17-18(14)15-7-9-23-10-8-16(15)24-17;;/h1-6,11,23-24H,7-10H2;1H4;1H. The summed E-state index contributed by atoms with van der Waals surface area (Å²) >= 11 is 0. The second-order valence-electron chi connectivity index (χ2n) is 6.14. The number of H-pyrrole nitrogens is 1. The summed E-state index contributed by atoms with van der Waals surface area (Å²) in [6.07, 6.45) is -2.54. The lowest BCUT2D eigenvalue weighted by molar-refractivity contribution is -0.137. The van der Waals surface area contributed by atoms with Crippen LogP contribution < -0.4 is 5.32 Å². The van der Waals surface area contributed by atoms with Crippen molar-refractivity contribution in [2.45, 2.75) is 26.4 Å². The van der Waals surface area contributed by atoms with E-state index in [4.69, 9.17) is 0 Å². The lowest BCUT2D eigenvalue weighted by atomic mass is 9.95. The van der Waals surface area contributed by atoms with Crippen LogP contribution in [0.25, 0.3) is 22.0 Å². The van der Waals surface area contributed by atoms with Crippen molar-refractivity contribution < 1.29 is 13.2 Å². The van der Waals surface area contributed by atoms with E-state index < -0.39 is 11.7 Å². The summed E-state index contributed by atoms with van der Waals surface area (Å²) in [5, 5.41) is 4.42. The van der Waals surface area contributed by atoms with E-state index in [0.717, 1.165) is 48.5 Å². The van der Waals surface area contributed by atoms with Gasteiger partial charge >= 0.3 is 6.18 Å². The van der Waals surface area contributed by atoms with Crippen molar-refractivity contribution in [3.05, 3.63) is 59.3 Å². The minimum Gasteiger partial charge on any atom is -0.358 e. The monoisotopic (exact) mass is 382 g/mol. The molecule has 0 atom stereocenters. The number of alkyl halides is 3. The highest BCUT2D eigenvalue weighted by Gasteiger charge is 2.30. The van der Waals surface area contributed by atoms with Gasteiger partial charge in [0.2, 0.25) is 0 Å². The molecule has 0 unspecified atom stereocenters. The van der Waals surface area contributed by atoms with E-state index in [1.54, 1.807) is 6.07 Å². The first-order chi connectivity index (χ1) is 11.5. The molecule has 2 N–H and O–H groups in total. The third-order valence-corrected chi connectivity index (χ3v) is 4.62. The number of hydrogen-bond acceptors (Lipinski definition) is 1. The van der Waals surface area contributed by atoms with Crippen LogP contribution in [-0.2, 0) is 19.0 Å². The van der Waals surface area contributed by atoms with Crippen molar-refractivity contribution in [3.63, 3.8) is 0 Å². The number of rotatable bonds is 1. The molecule has 0 aliphatic carbocycles. The van der Waals surface area contributed by atoms with E-state index in [2.05, 4.69) is 10.3 Å². The molecule has 3 aromatic rings. The Balaban J connectivity index is 0.00000121. The van der Waals surface area contributed by atoms with E-state index in [9.17, 15) is 13.2 Å². The maximum Gasteiger partial charge on any atom is 0.416 e. The lowest BCUT2D eigenvalue weighted by Gasteiger charge is -2.11. The van der Waals surface area contributed by atoms with Crippen molar-refractivity contribution in [3.8, 4) is 11.1 Å². The van der Waals surface area contributed by atoms with Crippen molar-refractivity contribution in [1.29, 1.82) is 0 Å². The van der Waals surface area contributed by atoms with Gasteiger partial charge in [0.15, 0.2) is 0 Å². The molecule has 1 aliphatic rings. The Hall–Kier alpha value is -1.98. The predicted octanol–water partition coefficient (Wildman–Crippen LogP) is 5.60. The first kappa shape index (κ1) is 20.3. The predicted molar refractivity (Wildman–Crippen MR) is 103 cm³/mol. The lowest BCUT2D eigenvalue weighted by Crippen LogP contribution is -2.16. The third kappa shape index (κ3) is 3.60. The number of halogens is 4. The summed E-state index contributed by atoms with van der Waals surface area (Å²) in [5.41, 5.74) is 4.27. The maximum absolute atomic E-state index is 13.1. The Morgan fingerprint density at radius 2 is 1.65 bits per heavy atom. The van der Waals surface area contributed by atoms with Crippen molar-refractivity contribution in [1.82, 2.24) is 10.3 Å². The van der Waals surface area contributed by atoms with E-state index in [0.29, 0.717) is 5.56 Å². The molecule has 0 saturated heterocycles. The maximum atomic E-state index is 13.1. The summed E-state index contributed by atoms with van der Waals surface area (Å²) < 4.78 is 39.2. The van der Waals surface area contributed by atoms with Crippen LogP contribution in [0.5, 0.6) is 0 Å². The molecular weight excluding hydrogens is 361 g/mol. The smallest absolute Gasteiger partial charge is 0.358 e. The van der Waals surface area contributed by atoms with Crippen LogP contribution in [0, 0.1) is 0 Å². The highest BCUT2D eigenvalue weighted by Crippen LogP contribution is 2.37. The topological polar surface area (TPSA) is 27.8 Å². The van der Waals surface area contributed by atoms with Gasteiger partial charge in [-0.2, -0.15) is 13.2 Å². The minimum atomic E-state index is -4.33. The van der Waals surface area contributed by atoms with Gasteiger partial charge in [0, 0.05) is 29.6 Å². The zero-order valence-electron chi connectivity index (χ0n) is 13.4. The van der Waals surface area contributed by atoms with Crippen LogP contribution in [0.15, 0.2) is 42.5 Å². The molecule has 4 rings (SSSR count). The number of nitrogens with one attached hydrogen (secondary N) is 2. The quantitative estimate of drug-likeness (QED) is 0.563. The van der Waals surface area contributed by atoms with Crippen LogP contribution >= 0.6 is 12.4 Å². The molecule has 0 radical (unpaired) electrons. The molecule has 2 heterocycles. The first-order valence-corrected chi connectivity index (χ1v) is 8.05. The molecule has 0 spiro atoms. The fourth-order valence-corrected chi connectivity index (χ4v) is 3.52. The Morgan fingerprint density at radius 3 is 2.42 bits per heavy atom. The summed E-state index contributed by atoms with van der Waals surface area (Å²) in [5.74, 6) is 0. The van der Waals surface area contributed by atoms with Gasteiger partial charge in [0.25, 0.3) is 0 Å². The van der Waals surface area contributed by atoms with Gasteiger partial charge < -0.3 is 10.3 Å². The fourth-order valence-electron chi connectivity index (χ4n) is 3.52. The Labute approximate surface area is 157 Å². The van der Waals surface area contributed by atoms with Gasteiger partial charge in [-0.05, 0) is 47.9 Å². The number of hydrogen-bond donors (Lipinski definition) is 2. The molecule has 0 saturated carbocycles. The highest BCUT2D eigenvalue weighted by atomic mass is 35.5. The summed E-state index contributed by atoms with van der Waals surface area (Å²) in [4.78, 5) is 3.45. The zero-order valence-corrected chi connectivity index (χ0v) is 14.2. The summed E-state index contributed by atoms with van der Waals surface area (Å²) in [7, 11) is 0. The molecule has 6 heteroatoms. The third-order valence-electron chi connectivity index (χ3n) is 4.62. The van der Waals surface area contributed by atoms with Crippen molar-refractivity contribution in [2.75, 3.05) is 13.1 Å². The molecule has 0 fully saturated rings. The highest BCUT2D eigenvalue weighted by molar-refractivity contribution is 5.98. The number of fused-ring (bicyclic) bond motifs is 3. The second-order valence-corrected chi connectivity index (χ2v) is 6.14. The second kappa shape index (κ2) is 7.72. The van der Waals surface area contributed by atoms with E-state index in [1.165, 1.54) is 23.4 Å². The normalized spacial score (nSPS) is 14.1. The van der Waals surface area contributed by atoms with Gasteiger partial charge in [-0.3, -0.25) is 0 Å². The van der Waals surface area contributed by atoms with Crippen molar-refractivity contribution >= 4 is 23.3 Å². The molecule has 2 aromatic carbocycles. The molecule has 0 bridgehead atoms. The zero-order chi connectivity index (χ0) is 16.7. The van der Waals surface area contributed by atoms with Gasteiger partial charge in [-0.25, -0.2) is 0 Å². The largest absolute Gasteiger partial charge is 0.416 e. The van der Waals surface area contributed by atoms with E-state index >= 15 is 0 Å². The molecule has 0 amide bonds. The van der Waals surface area contributed by atoms with Crippen LogP contribution in [-0.4, -0.2) is 18.1 Å². The Bertz CT molecular complexity index is 900. The van der Waals surface area contributed by atoms with Crippen LogP contribution in [0.3, 0.4) is 0 Å². The SMILES string of the molecule is C.Cl.FC(F)(F)c1cccc(-c2cccc3[nH]c4c(c23)CCNCC4)c1. The van der Waals surface area contributed by atoms with Crippen LogP contribution in [0.4, 0.5) is 13.2 Å². The minimum absolute atomic E-state index is 0. The summed E-state index contributed by atoms with van der Waals surface area (Å²) in [6.45, 7) is 1.80. The van der Waals surface area contributed by atoms with E-state index in [-0.39, 0.29) is 19.8 Å². The molecule has 26 heavy (non-hydrogen) atoms. The average molecular weight is 383 g/mol. The molecular formula is C20H22ClF3N2. The average Bonchev–Trinajstić information content (AvgIpc) is 2.76. The Kier molecular flexibility index (Phi) is 6.04. The number of benzene rings is 2. The first-order valence-electron chi connectivity index (χ1n) is 8.05. The molecule has 1 aromatic heterocycles. The van der Waals surface area contributed by atoms with E-state index in [1.807, 2.05) is 18.2 Å². The van der Waals surface area contributed by atoms with Crippen LogP contribution in [0.1, 0.15) is 24.2 Å². The Morgan fingerprint density at radius 1 is 0.923 bits per heavy atom. The number of aromatic amines is 1. The molecule has 140 valence electrons. The van der Waals surface area contributed by atoms with Crippen LogP contribution in [0.2, 0.25) is 0 Å². The van der Waals surface area contributed by atoms with Gasteiger partial charge in [0.1, 0.15) is 0 Å². The molecule has 1 aliphatic heterocycles.